The molecule has 1 atom stereocenters. The van der Waals surface area contributed by atoms with Crippen LogP contribution >= 0.6 is 23.2 Å². The van der Waals surface area contributed by atoms with E-state index in [9.17, 15) is 4.79 Å². The van der Waals surface area contributed by atoms with Crippen LogP contribution in [0.5, 0.6) is 5.75 Å². The number of carbonyl (C=O) groups excluding carboxylic acids is 1. The van der Waals surface area contributed by atoms with Gasteiger partial charge in [0.05, 0.1) is 5.57 Å². The Bertz CT molecular complexity index is 1490. The van der Waals surface area contributed by atoms with Crippen molar-refractivity contribution >= 4 is 40.7 Å². The van der Waals surface area contributed by atoms with Gasteiger partial charge in [-0.1, -0.05) is 64.2 Å². The van der Waals surface area contributed by atoms with Crippen LogP contribution in [-0.2, 0) is 11.4 Å². The van der Waals surface area contributed by atoms with Crippen molar-refractivity contribution in [2.24, 2.45) is 0 Å². The molecule has 0 bridgehead atoms. The van der Waals surface area contributed by atoms with Crippen LogP contribution in [0.1, 0.15) is 35.2 Å². The van der Waals surface area contributed by atoms with E-state index < -0.39 is 6.04 Å². The third-order valence-corrected chi connectivity index (χ3v) is 6.94. The molecule has 0 saturated carbocycles. The molecule has 1 amide bonds. The number of allylic oxidation sites excluding steroid dienone is 1. The number of hydrogen-bond acceptors (Lipinski definition) is 6. The van der Waals surface area contributed by atoms with Crippen LogP contribution in [0.4, 0.5) is 11.6 Å². The smallest absolute Gasteiger partial charge is 0.255 e. The van der Waals surface area contributed by atoms with Gasteiger partial charge in [0.25, 0.3) is 5.91 Å². The molecule has 1 unspecified atom stereocenters. The van der Waals surface area contributed by atoms with Crippen molar-refractivity contribution in [2.75, 3.05) is 10.6 Å². The Balaban J connectivity index is 1.42. The molecule has 0 saturated heterocycles. The van der Waals surface area contributed by atoms with E-state index in [1.165, 1.54) is 0 Å². The SMILES string of the molecule is CC1=C(C(=O)Nc2ccc(C)cc2C)C(c2ccc(OCc3c(Cl)cccc3Cl)cc2)n2nnnc2N1. The summed E-state index contributed by atoms with van der Waals surface area (Å²) in [5.74, 6) is 0.851. The molecule has 1 aliphatic rings. The Hall–Kier alpha value is -3.88. The van der Waals surface area contributed by atoms with Crippen molar-refractivity contribution in [3.8, 4) is 5.75 Å². The number of nitrogens with zero attached hydrogens (tertiary/aromatic N) is 4. The van der Waals surface area contributed by atoms with Crippen LogP contribution in [0, 0.1) is 13.8 Å². The van der Waals surface area contributed by atoms with Gasteiger partial charge in [-0.15, -0.1) is 0 Å². The first-order valence-electron chi connectivity index (χ1n) is 11.6. The molecule has 10 heteroatoms. The van der Waals surface area contributed by atoms with Crippen LogP contribution in [0.25, 0.3) is 0 Å². The van der Waals surface area contributed by atoms with E-state index >= 15 is 0 Å². The molecular formula is C27H24Cl2N6O2. The third-order valence-electron chi connectivity index (χ3n) is 6.23. The molecule has 3 aromatic carbocycles. The van der Waals surface area contributed by atoms with Crippen LogP contribution in [0.15, 0.2) is 71.9 Å². The monoisotopic (exact) mass is 534 g/mol. The normalized spacial score (nSPS) is 14.7. The maximum atomic E-state index is 13.6. The lowest BCUT2D eigenvalue weighted by Crippen LogP contribution is -2.31. The lowest BCUT2D eigenvalue weighted by molar-refractivity contribution is -0.113. The summed E-state index contributed by atoms with van der Waals surface area (Å²) in [5.41, 5.74) is 5.58. The van der Waals surface area contributed by atoms with Gasteiger partial charge in [-0.3, -0.25) is 4.79 Å². The molecule has 4 aromatic rings. The fourth-order valence-electron chi connectivity index (χ4n) is 4.33. The number of amides is 1. The largest absolute Gasteiger partial charge is 0.489 e. The molecule has 0 fully saturated rings. The molecule has 5 rings (SSSR count). The molecule has 188 valence electrons. The van der Waals surface area contributed by atoms with Crippen molar-refractivity contribution in [3.63, 3.8) is 0 Å². The first-order chi connectivity index (χ1) is 17.8. The summed E-state index contributed by atoms with van der Waals surface area (Å²) in [6, 6.07) is 18.2. The van der Waals surface area contributed by atoms with E-state index in [0.717, 1.165) is 27.9 Å². The highest BCUT2D eigenvalue weighted by atomic mass is 35.5. The first kappa shape index (κ1) is 24.8. The van der Waals surface area contributed by atoms with Crippen LogP contribution in [-0.4, -0.2) is 26.1 Å². The van der Waals surface area contributed by atoms with Gasteiger partial charge < -0.3 is 15.4 Å². The Kier molecular flexibility index (Phi) is 6.86. The van der Waals surface area contributed by atoms with Gasteiger partial charge in [-0.2, -0.15) is 4.68 Å². The van der Waals surface area contributed by atoms with Crippen LogP contribution in [0.2, 0.25) is 10.0 Å². The number of aryl methyl sites for hydroxylation is 2. The number of fused-ring (bicyclic) bond motifs is 1. The highest BCUT2D eigenvalue weighted by molar-refractivity contribution is 6.35. The Morgan fingerprint density at radius 1 is 1.05 bits per heavy atom. The van der Waals surface area contributed by atoms with E-state index in [1.54, 1.807) is 22.9 Å². The van der Waals surface area contributed by atoms with Gasteiger partial charge >= 0.3 is 0 Å². The van der Waals surface area contributed by atoms with Gasteiger partial charge in [-0.05, 0) is 72.7 Å². The summed E-state index contributed by atoms with van der Waals surface area (Å²) < 4.78 is 7.53. The van der Waals surface area contributed by atoms with Gasteiger partial charge in [-0.25, -0.2) is 0 Å². The number of aromatic nitrogens is 4. The second-order valence-electron chi connectivity index (χ2n) is 8.84. The Morgan fingerprint density at radius 3 is 2.49 bits per heavy atom. The quantitative estimate of drug-likeness (QED) is 0.310. The Morgan fingerprint density at radius 2 is 1.78 bits per heavy atom. The predicted octanol–water partition coefficient (Wildman–Crippen LogP) is 6.10. The number of nitrogens with one attached hydrogen (secondary N) is 2. The van der Waals surface area contributed by atoms with Crippen molar-refractivity contribution in [1.29, 1.82) is 0 Å². The molecule has 0 spiro atoms. The Labute approximate surface area is 224 Å². The lowest BCUT2D eigenvalue weighted by Gasteiger charge is -2.28. The number of tetrazole rings is 1. The number of anilines is 2. The second kappa shape index (κ2) is 10.2. The first-order valence-corrected chi connectivity index (χ1v) is 12.4. The number of carbonyl (C=O) groups is 1. The maximum Gasteiger partial charge on any atom is 0.255 e. The molecule has 0 radical (unpaired) electrons. The average Bonchev–Trinajstić information content (AvgIpc) is 3.33. The molecule has 8 nitrogen and oxygen atoms in total. The molecule has 1 aromatic heterocycles. The van der Waals surface area contributed by atoms with Crippen LogP contribution < -0.4 is 15.4 Å². The van der Waals surface area contributed by atoms with Gasteiger partial charge in [0.2, 0.25) is 5.95 Å². The summed E-state index contributed by atoms with van der Waals surface area (Å²) in [5, 5.41) is 19.3. The molecule has 1 aliphatic heterocycles. The average molecular weight is 535 g/mol. The maximum absolute atomic E-state index is 13.6. The standard InChI is InChI=1S/C27H24Cl2N6O2/c1-15-7-12-23(16(2)13-15)31-26(36)24-17(3)30-27-32-33-34-35(27)25(24)18-8-10-19(11-9-18)37-14-20-21(28)5-4-6-22(20)29/h4-13,25H,14H2,1-3H3,(H,31,36)(H,30,32,34). The van der Waals surface area contributed by atoms with E-state index in [2.05, 4.69) is 26.2 Å². The molecule has 2 N–H and O–H groups in total. The number of benzene rings is 3. The topological polar surface area (TPSA) is 94.0 Å². The zero-order valence-electron chi connectivity index (χ0n) is 20.4. The fraction of sp³-hybridized carbons (Fsp3) is 0.185. The predicted molar refractivity (Wildman–Crippen MR) is 144 cm³/mol. The lowest BCUT2D eigenvalue weighted by atomic mass is 9.94. The van der Waals surface area contributed by atoms with Crippen molar-refractivity contribution in [1.82, 2.24) is 20.2 Å². The minimum absolute atomic E-state index is 0.227. The zero-order chi connectivity index (χ0) is 26.1. The summed E-state index contributed by atoms with van der Waals surface area (Å²) in [4.78, 5) is 13.6. The van der Waals surface area contributed by atoms with Gasteiger partial charge in [0.1, 0.15) is 18.4 Å². The van der Waals surface area contributed by atoms with Crippen molar-refractivity contribution in [2.45, 2.75) is 33.4 Å². The summed E-state index contributed by atoms with van der Waals surface area (Å²) in [7, 11) is 0. The second-order valence-corrected chi connectivity index (χ2v) is 9.66. The molecule has 37 heavy (non-hydrogen) atoms. The number of ether oxygens (including phenoxy) is 1. The number of rotatable bonds is 6. The van der Waals surface area contributed by atoms with E-state index in [4.69, 9.17) is 27.9 Å². The molecular weight excluding hydrogens is 511 g/mol. The molecule has 2 heterocycles. The minimum Gasteiger partial charge on any atom is -0.489 e. The van der Waals surface area contributed by atoms with Gasteiger partial charge in [0.15, 0.2) is 0 Å². The van der Waals surface area contributed by atoms with Crippen LogP contribution in [0.3, 0.4) is 0 Å². The highest BCUT2D eigenvalue weighted by Gasteiger charge is 2.34. The van der Waals surface area contributed by atoms with E-state index in [0.29, 0.717) is 33.0 Å². The molecule has 0 aliphatic carbocycles. The third kappa shape index (κ3) is 5.03. The zero-order valence-corrected chi connectivity index (χ0v) is 21.9. The fourth-order valence-corrected chi connectivity index (χ4v) is 4.84. The summed E-state index contributed by atoms with van der Waals surface area (Å²) in [6.45, 7) is 6.05. The summed E-state index contributed by atoms with van der Waals surface area (Å²) >= 11 is 12.5. The number of halogens is 2. The van der Waals surface area contributed by atoms with Gasteiger partial charge in [0, 0.05) is 27.0 Å². The minimum atomic E-state index is -0.538. The number of hydrogen-bond donors (Lipinski definition) is 2. The van der Waals surface area contributed by atoms with Crippen molar-refractivity contribution in [3.05, 3.63) is 104 Å². The van der Waals surface area contributed by atoms with E-state index in [1.807, 2.05) is 63.2 Å². The van der Waals surface area contributed by atoms with Crippen molar-refractivity contribution < 1.29 is 9.53 Å². The van der Waals surface area contributed by atoms with E-state index in [-0.39, 0.29) is 12.5 Å². The summed E-state index contributed by atoms with van der Waals surface area (Å²) in [6.07, 6.45) is 0. The highest BCUT2D eigenvalue weighted by Crippen LogP contribution is 2.36.